The number of nitrogens with zero attached hydrogens (tertiary/aromatic N) is 7. The van der Waals surface area contributed by atoms with Crippen molar-refractivity contribution in [2.24, 2.45) is 10.9 Å². The molecule has 5 rings (SSSR count). The summed E-state index contributed by atoms with van der Waals surface area (Å²) in [7, 11) is 0. The number of carboxylic acid groups (broad SMARTS) is 1. The maximum atomic E-state index is 13.0. The van der Waals surface area contributed by atoms with Gasteiger partial charge in [-0.25, -0.2) is 4.57 Å². The van der Waals surface area contributed by atoms with Crippen LogP contribution in [0, 0.1) is 0 Å². The van der Waals surface area contributed by atoms with E-state index in [1.807, 2.05) is 0 Å². The number of imidazole rings is 1. The minimum atomic E-state index is -1.54. The monoisotopic (exact) mass is 587 g/mol. The summed E-state index contributed by atoms with van der Waals surface area (Å²) in [5.74, 6) is -3.53. The number of oxime groups is 1. The van der Waals surface area contributed by atoms with Crippen molar-refractivity contribution < 1.29 is 34.1 Å². The Morgan fingerprint density at radius 1 is 1.32 bits per heavy atom. The second kappa shape index (κ2) is 10.9. The Morgan fingerprint density at radius 3 is 2.80 bits per heavy atom. The zero-order chi connectivity index (χ0) is 28.6. The number of fused-ring (bicyclic) bond motifs is 2. The zero-order valence-corrected chi connectivity index (χ0v) is 22.0. The summed E-state index contributed by atoms with van der Waals surface area (Å²) in [5.41, 5.74) is 11.2. The van der Waals surface area contributed by atoms with E-state index in [-0.39, 0.29) is 47.1 Å². The lowest BCUT2D eigenvalue weighted by atomic mass is 10.0. The summed E-state index contributed by atoms with van der Waals surface area (Å²) >= 11 is 2.04. The van der Waals surface area contributed by atoms with Gasteiger partial charge in [-0.15, -0.1) is 16.3 Å². The number of anilines is 1. The van der Waals surface area contributed by atoms with Gasteiger partial charge in [-0.05, 0) is 6.07 Å². The minimum Gasteiger partial charge on any atom is -0.543 e. The predicted molar refractivity (Wildman–Crippen MR) is 136 cm³/mol. The zero-order valence-electron chi connectivity index (χ0n) is 20.4. The fourth-order valence-corrected chi connectivity index (χ4v) is 6.02. The topological polar surface area (TPSA) is 250 Å². The Hall–Kier alpha value is -4.62. The lowest BCUT2D eigenvalue weighted by molar-refractivity contribution is -0.662. The Kier molecular flexibility index (Phi) is 7.32. The lowest BCUT2D eigenvalue weighted by Gasteiger charge is -2.50. The molecule has 0 aromatic carbocycles. The number of carboxylic acids is 1. The molecule has 208 valence electrons. The van der Waals surface area contributed by atoms with E-state index in [2.05, 4.69) is 30.2 Å². The van der Waals surface area contributed by atoms with Crippen LogP contribution < -0.4 is 31.8 Å². The fraction of sp³-hybridized carbons (Fsp3) is 0.286. The number of thioether (sulfide) groups is 1. The van der Waals surface area contributed by atoms with Gasteiger partial charge in [0.1, 0.15) is 24.2 Å². The highest BCUT2D eigenvalue weighted by atomic mass is 32.2. The largest absolute Gasteiger partial charge is 0.543 e. The molecule has 0 radical (unpaired) electrons. The molecule has 2 aliphatic rings. The highest BCUT2D eigenvalue weighted by molar-refractivity contribution is 8.00. The number of carbonyl (C=O) groups is 4. The summed E-state index contributed by atoms with van der Waals surface area (Å²) in [6.45, 7) is 0.687. The molecule has 7 N–H and O–H groups in total. The Bertz CT molecular complexity index is 1600. The van der Waals surface area contributed by atoms with Crippen LogP contribution in [0.3, 0.4) is 0 Å². The van der Waals surface area contributed by atoms with E-state index in [1.54, 1.807) is 23.0 Å². The van der Waals surface area contributed by atoms with Crippen molar-refractivity contribution in [2.45, 2.75) is 18.0 Å². The summed E-state index contributed by atoms with van der Waals surface area (Å²) in [6.07, 6.45) is 3.27. The van der Waals surface area contributed by atoms with Crippen molar-refractivity contribution in [2.75, 3.05) is 24.6 Å². The third-order valence-electron chi connectivity index (χ3n) is 6.04. The maximum Gasteiger partial charge on any atom is 0.307 e. The Labute approximate surface area is 232 Å². The van der Waals surface area contributed by atoms with E-state index >= 15 is 0 Å². The van der Waals surface area contributed by atoms with Crippen molar-refractivity contribution in [3.05, 3.63) is 47.3 Å². The third kappa shape index (κ3) is 4.80. The summed E-state index contributed by atoms with van der Waals surface area (Å²) in [6, 6.07) is 2.11. The number of β-lactam (4-membered cyclic amide) rings is 1. The molecule has 1 fully saturated rings. The standard InChI is InChI=1S/C21H21N11O6S2/c22-3-4-24-16(33)10-1-2-11-30(5-6-31(11)27-10)7-9-8-39-19-13(18(35)32(19)14(9)20(36)37)25-17(34)12(28-38)15-26-21(23)40-29-15/h1-2,5-6,13,19H,3-4,7-8,22H2,(H5-,23,24,25,26,29,33,34,36,37,38)/t13-,19-/m1/s1. The number of rotatable bonds is 9. The van der Waals surface area contributed by atoms with Gasteiger partial charge in [-0.2, -0.15) is 9.36 Å². The number of nitrogens with one attached hydrogen (secondary N) is 2. The van der Waals surface area contributed by atoms with E-state index in [4.69, 9.17) is 11.5 Å². The average Bonchev–Trinajstić information content (AvgIpc) is 3.55. The van der Waals surface area contributed by atoms with Crippen LogP contribution in [-0.4, -0.2) is 88.7 Å². The molecule has 0 aliphatic carbocycles. The number of aliphatic carboxylic acids is 1. The molecule has 3 amide bonds. The van der Waals surface area contributed by atoms with Crippen molar-refractivity contribution in [3.63, 3.8) is 0 Å². The molecule has 3 aromatic heterocycles. The van der Waals surface area contributed by atoms with Gasteiger partial charge in [0.2, 0.25) is 11.5 Å². The highest BCUT2D eigenvalue weighted by Gasteiger charge is 2.53. The third-order valence-corrected chi connectivity index (χ3v) is 7.92. The van der Waals surface area contributed by atoms with Crippen molar-refractivity contribution in [1.82, 2.24) is 34.5 Å². The first-order chi connectivity index (χ1) is 19.2. The predicted octanol–water partition coefficient (Wildman–Crippen LogP) is -3.97. The van der Waals surface area contributed by atoms with E-state index in [1.165, 1.54) is 22.3 Å². The first-order valence-corrected chi connectivity index (χ1v) is 13.4. The van der Waals surface area contributed by atoms with Crippen molar-refractivity contribution in [3.8, 4) is 0 Å². The van der Waals surface area contributed by atoms with Gasteiger partial charge in [-0.3, -0.25) is 19.3 Å². The van der Waals surface area contributed by atoms with Crippen LogP contribution in [-0.2, 0) is 20.9 Å². The quantitative estimate of drug-likeness (QED) is 0.0528. The second-order valence-corrected chi connectivity index (χ2v) is 10.4. The molecule has 0 unspecified atom stereocenters. The van der Waals surface area contributed by atoms with Crippen LogP contribution >= 0.6 is 23.3 Å². The first kappa shape index (κ1) is 27.0. The van der Waals surface area contributed by atoms with Crippen LogP contribution in [0.1, 0.15) is 16.3 Å². The van der Waals surface area contributed by atoms with Gasteiger partial charge < -0.3 is 37.2 Å². The summed E-state index contributed by atoms with van der Waals surface area (Å²) < 4.78 is 7.00. The number of carbonyl (C=O) groups excluding carboxylic acids is 4. The lowest BCUT2D eigenvalue weighted by Crippen LogP contribution is -2.71. The average molecular weight is 588 g/mol. The van der Waals surface area contributed by atoms with E-state index in [0.29, 0.717) is 17.8 Å². The number of amides is 3. The van der Waals surface area contributed by atoms with Crippen LogP contribution in [0.2, 0.25) is 0 Å². The van der Waals surface area contributed by atoms with Gasteiger partial charge in [0, 0.05) is 42.0 Å². The molecule has 19 heteroatoms. The minimum absolute atomic E-state index is 0.0482. The molecule has 0 bridgehead atoms. The molecule has 17 nitrogen and oxygen atoms in total. The second-order valence-electron chi connectivity index (χ2n) is 8.50. The number of aromatic nitrogens is 5. The molecular weight excluding hydrogens is 566 g/mol. The van der Waals surface area contributed by atoms with Crippen LogP contribution in [0.25, 0.3) is 5.65 Å². The van der Waals surface area contributed by atoms with Gasteiger partial charge >= 0.3 is 5.65 Å². The Morgan fingerprint density at radius 2 is 2.12 bits per heavy atom. The molecular formula is C21H21N11O6S2. The number of hydrogen-bond donors (Lipinski definition) is 5. The van der Waals surface area contributed by atoms with Gasteiger partial charge in [0.25, 0.3) is 17.7 Å². The molecule has 2 atom stereocenters. The molecule has 40 heavy (non-hydrogen) atoms. The van der Waals surface area contributed by atoms with E-state index < -0.39 is 34.9 Å². The Balaban J connectivity index is 1.34. The molecule has 1 saturated heterocycles. The van der Waals surface area contributed by atoms with Gasteiger partial charge in [-0.1, -0.05) is 10.3 Å². The fourth-order valence-electron chi connectivity index (χ4n) is 4.25. The normalized spacial score (nSPS) is 18.9. The van der Waals surface area contributed by atoms with Gasteiger partial charge in [0.15, 0.2) is 17.0 Å². The van der Waals surface area contributed by atoms with Crippen molar-refractivity contribution in [1.29, 1.82) is 0 Å². The molecule has 0 spiro atoms. The number of nitrogens with two attached hydrogens (primary N) is 2. The summed E-state index contributed by atoms with van der Waals surface area (Å²) in [5, 5.41) is 33.0. The van der Waals surface area contributed by atoms with E-state index in [9.17, 15) is 29.5 Å². The number of hydrogen-bond acceptors (Lipinski definition) is 14. The van der Waals surface area contributed by atoms with Crippen LogP contribution in [0.15, 0.2) is 41.0 Å². The SMILES string of the molecule is NCCNC(=O)c1ccc2n(cc[n+]2CC2=C(C(=O)[O-])N3C(=O)[C@@H](NC(=O)/C(=N\O)c4nsc(N)n4)[C@H]3SC2)n1. The first-order valence-electron chi connectivity index (χ1n) is 11.6. The van der Waals surface area contributed by atoms with Crippen LogP contribution in [0.4, 0.5) is 5.13 Å². The number of nitrogen functional groups attached to an aromatic ring is 1. The molecule has 2 aliphatic heterocycles. The van der Waals surface area contributed by atoms with Crippen molar-refractivity contribution >= 4 is 63.5 Å². The molecule has 5 heterocycles. The molecule has 3 aromatic rings. The molecule has 0 saturated carbocycles. The highest BCUT2D eigenvalue weighted by Crippen LogP contribution is 2.40. The smallest absolute Gasteiger partial charge is 0.307 e. The maximum absolute atomic E-state index is 13.0. The van der Waals surface area contributed by atoms with Crippen LogP contribution in [0.5, 0.6) is 0 Å². The van der Waals surface area contributed by atoms with Gasteiger partial charge in [0.05, 0.1) is 11.7 Å². The summed E-state index contributed by atoms with van der Waals surface area (Å²) in [4.78, 5) is 54.8. The van der Waals surface area contributed by atoms with E-state index in [0.717, 1.165) is 16.4 Å².